The number of carbonyl (C=O) groups is 1. The van der Waals surface area contributed by atoms with E-state index >= 15 is 0 Å². The highest BCUT2D eigenvalue weighted by atomic mass is 32.2. The average molecular weight is 431 g/mol. The number of sulfone groups is 1. The molecule has 1 amide bonds. The summed E-state index contributed by atoms with van der Waals surface area (Å²) < 4.78 is 23.7. The molecule has 0 saturated carbocycles. The molecule has 6 heteroatoms. The van der Waals surface area contributed by atoms with E-state index in [4.69, 9.17) is 0 Å². The number of hydrogen-bond acceptors (Lipinski definition) is 4. The van der Waals surface area contributed by atoms with Crippen LogP contribution in [0, 0.1) is 0 Å². The Balaban J connectivity index is 1.73. The van der Waals surface area contributed by atoms with Crippen LogP contribution >= 0.6 is 0 Å². The van der Waals surface area contributed by atoms with Crippen molar-refractivity contribution < 1.29 is 13.2 Å². The van der Waals surface area contributed by atoms with Gasteiger partial charge in [0.15, 0.2) is 9.84 Å². The summed E-state index contributed by atoms with van der Waals surface area (Å²) in [6.45, 7) is 0.227. The van der Waals surface area contributed by atoms with Gasteiger partial charge in [0.25, 0.3) is 0 Å². The van der Waals surface area contributed by atoms with Crippen LogP contribution in [0.4, 0.5) is 5.69 Å². The minimum atomic E-state index is -3.47. The van der Waals surface area contributed by atoms with Gasteiger partial charge in [-0.25, -0.2) is 8.42 Å². The highest BCUT2D eigenvalue weighted by Crippen LogP contribution is 2.26. The number of amides is 1. The molecule has 0 spiro atoms. The van der Waals surface area contributed by atoms with Crippen molar-refractivity contribution in [1.29, 1.82) is 0 Å². The molecule has 0 N–H and O–H groups in total. The van der Waals surface area contributed by atoms with Crippen LogP contribution in [0.15, 0.2) is 91.1 Å². The second-order valence-corrected chi connectivity index (χ2v) is 9.64. The number of rotatable bonds is 6. The molecule has 0 aliphatic carbocycles. The Morgan fingerprint density at radius 2 is 1.58 bits per heavy atom. The molecule has 0 fully saturated rings. The molecular weight excluding hydrogens is 408 g/mol. The van der Waals surface area contributed by atoms with Crippen LogP contribution in [0.25, 0.3) is 22.0 Å². The fraction of sp³-hybridized carbons (Fsp3) is 0.120. The number of pyridine rings is 1. The first-order chi connectivity index (χ1) is 14.9. The molecular formula is C25H22N2O3S. The van der Waals surface area contributed by atoms with Gasteiger partial charge in [0.2, 0.25) is 5.91 Å². The number of carbonyl (C=O) groups excluding carboxylic acids is 1. The summed E-state index contributed by atoms with van der Waals surface area (Å²) in [5, 5.41) is 0.966. The lowest BCUT2D eigenvalue weighted by Crippen LogP contribution is -2.35. The van der Waals surface area contributed by atoms with E-state index in [9.17, 15) is 13.2 Å². The van der Waals surface area contributed by atoms with Crippen LogP contribution in [-0.4, -0.2) is 31.3 Å². The van der Waals surface area contributed by atoms with E-state index in [1.165, 1.54) is 4.90 Å². The number of fused-ring (bicyclic) bond motifs is 1. The number of hydrogen-bond donors (Lipinski definition) is 0. The van der Waals surface area contributed by atoms with Gasteiger partial charge >= 0.3 is 0 Å². The molecule has 0 aliphatic rings. The third-order valence-corrected chi connectivity index (χ3v) is 5.71. The molecule has 31 heavy (non-hydrogen) atoms. The van der Waals surface area contributed by atoms with E-state index in [0.29, 0.717) is 5.69 Å². The Hall–Kier alpha value is -3.51. The second kappa shape index (κ2) is 8.70. The SMILES string of the molecule is CS(=O)(=O)CC(=O)N(Cc1cnc2ccccc2c1)c1cccc(-c2ccccc2)c1. The predicted octanol–water partition coefficient (Wildman–Crippen LogP) is 4.48. The lowest BCUT2D eigenvalue weighted by molar-refractivity contribution is -0.116. The first kappa shape index (κ1) is 20.8. The fourth-order valence-electron chi connectivity index (χ4n) is 3.50. The van der Waals surface area contributed by atoms with Crippen molar-refractivity contribution in [1.82, 2.24) is 4.98 Å². The molecule has 0 unspecified atom stereocenters. The monoisotopic (exact) mass is 430 g/mol. The van der Waals surface area contributed by atoms with Crippen molar-refractivity contribution in [2.75, 3.05) is 16.9 Å². The molecule has 1 aromatic heterocycles. The first-order valence-electron chi connectivity index (χ1n) is 9.86. The smallest absolute Gasteiger partial charge is 0.242 e. The molecule has 0 saturated heterocycles. The largest absolute Gasteiger partial charge is 0.307 e. The van der Waals surface area contributed by atoms with E-state index in [1.54, 1.807) is 6.20 Å². The quantitative estimate of drug-likeness (QED) is 0.452. The minimum Gasteiger partial charge on any atom is -0.307 e. The van der Waals surface area contributed by atoms with E-state index in [0.717, 1.165) is 33.8 Å². The van der Waals surface area contributed by atoms with Crippen LogP contribution in [0.3, 0.4) is 0 Å². The molecule has 0 radical (unpaired) electrons. The Morgan fingerprint density at radius 3 is 2.35 bits per heavy atom. The highest BCUT2D eigenvalue weighted by molar-refractivity contribution is 7.91. The topological polar surface area (TPSA) is 67.3 Å². The highest BCUT2D eigenvalue weighted by Gasteiger charge is 2.21. The Morgan fingerprint density at radius 1 is 0.871 bits per heavy atom. The maximum atomic E-state index is 13.0. The lowest BCUT2D eigenvalue weighted by Gasteiger charge is -2.23. The molecule has 3 aromatic carbocycles. The van der Waals surface area contributed by atoms with E-state index in [2.05, 4.69) is 4.98 Å². The van der Waals surface area contributed by atoms with Gasteiger partial charge in [-0.05, 0) is 41.0 Å². The maximum absolute atomic E-state index is 13.0. The predicted molar refractivity (Wildman–Crippen MR) is 125 cm³/mol. The Bertz CT molecular complexity index is 1340. The zero-order chi connectivity index (χ0) is 21.8. The van der Waals surface area contributed by atoms with Crippen molar-refractivity contribution >= 4 is 32.3 Å². The van der Waals surface area contributed by atoms with Gasteiger partial charge in [0, 0.05) is 23.5 Å². The molecule has 0 aliphatic heterocycles. The summed E-state index contributed by atoms with van der Waals surface area (Å²) >= 11 is 0. The van der Waals surface area contributed by atoms with Crippen LogP contribution in [-0.2, 0) is 21.2 Å². The first-order valence-corrected chi connectivity index (χ1v) is 11.9. The van der Waals surface area contributed by atoms with Crippen LogP contribution in [0.1, 0.15) is 5.56 Å². The van der Waals surface area contributed by atoms with Crippen molar-refractivity contribution in [2.45, 2.75) is 6.54 Å². The van der Waals surface area contributed by atoms with Gasteiger partial charge in [-0.15, -0.1) is 0 Å². The van der Waals surface area contributed by atoms with Gasteiger partial charge in [-0.3, -0.25) is 9.78 Å². The van der Waals surface area contributed by atoms with Gasteiger partial charge in [0.1, 0.15) is 5.75 Å². The molecule has 5 nitrogen and oxygen atoms in total. The zero-order valence-electron chi connectivity index (χ0n) is 17.1. The van der Waals surface area contributed by atoms with Gasteiger partial charge < -0.3 is 4.90 Å². The third-order valence-electron chi connectivity index (χ3n) is 4.94. The molecule has 4 rings (SSSR count). The van der Waals surface area contributed by atoms with Crippen molar-refractivity contribution in [3.8, 4) is 11.1 Å². The molecule has 4 aromatic rings. The van der Waals surface area contributed by atoms with E-state index < -0.39 is 21.5 Å². The lowest BCUT2D eigenvalue weighted by atomic mass is 10.0. The zero-order valence-corrected chi connectivity index (χ0v) is 17.9. The maximum Gasteiger partial charge on any atom is 0.242 e. The number of para-hydroxylation sites is 1. The average Bonchev–Trinajstić information content (AvgIpc) is 2.77. The van der Waals surface area contributed by atoms with Crippen LogP contribution < -0.4 is 4.90 Å². The Labute approximate surface area is 181 Å². The number of anilines is 1. The molecule has 0 atom stereocenters. The van der Waals surface area contributed by atoms with Crippen LogP contribution in [0.2, 0.25) is 0 Å². The molecule has 0 bridgehead atoms. The molecule has 1 heterocycles. The summed E-state index contributed by atoms with van der Waals surface area (Å²) in [7, 11) is -3.47. The number of aromatic nitrogens is 1. The van der Waals surface area contributed by atoms with Gasteiger partial charge in [-0.2, -0.15) is 0 Å². The Kier molecular flexibility index (Phi) is 5.82. The summed E-state index contributed by atoms with van der Waals surface area (Å²) in [6.07, 6.45) is 2.80. The molecule has 156 valence electrons. The van der Waals surface area contributed by atoms with Crippen molar-refractivity contribution in [3.05, 3.63) is 96.7 Å². The van der Waals surface area contributed by atoms with Gasteiger partial charge in [0.05, 0.1) is 12.1 Å². The fourth-order valence-corrected chi connectivity index (χ4v) is 4.10. The van der Waals surface area contributed by atoms with Crippen LogP contribution in [0.5, 0.6) is 0 Å². The minimum absolute atomic E-state index is 0.227. The summed E-state index contributed by atoms with van der Waals surface area (Å²) in [5.41, 5.74) is 4.30. The van der Waals surface area contributed by atoms with E-state index in [1.807, 2.05) is 84.9 Å². The van der Waals surface area contributed by atoms with Crippen molar-refractivity contribution in [3.63, 3.8) is 0 Å². The standard InChI is InChI=1S/C25H22N2O3S/c1-31(29,30)18-25(28)27(17-19-14-22-10-5-6-13-24(22)26-16-19)23-12-7-11-21(15-23)20-8-3-2-4-9-20/h2-16H,17-18H2,1H3. The number of nitrogens with zero attached hydrogens (tertiary/aromatic N) is 2. The second-order valence-electron chi connectivity index (χ2n) is 7.50. The van der Waals surface area contributed by atoms with Gasteiger partial charge in [-0.1, -0.05) is 60.7 Å². The number of benzene rings is 3. The summed E-state index contributed by atoms with van der Waals surface area (Å²) in [4.78, 5) is 19.0. The summed E-state index contributed by atoms with van der Waals surface area (Å²) in [6, 6.07) is 27.1. The third kappa shape index (κ3) is 5.16. The van der Waals surface area contributed by atoms with Crippen molar-refractivity contribution in [2.24, 2.45) is 0 Å². The summed E-state index contributed by atoms with van der Waals surface area (Å²) in [5.74, 6) is -1.02. The normalized spacial score (nSPS) is 11.4. The van der Waals surface area contributed by atoms with E-state index in [-0.39, 0.29) is 6.54 Å².